The first kappa shape index (κ1) is 13.6. The molecule has 6 heteroatoms. The van der Waals surface area contributed by atoms with Crippen LogP contribution in [0.4, 0.5) is 10.1 Å². The standard InChI is InChI=1S/C15H12FN3OS/c1-19-7-3-6-12(19)9-13-14(20)18-15(21-13)17-11-5-2-4-10(16)8-11/h2-9H,1H3,(H,17,18,20). The van der Waals surface area contributed by atoms with Gasteiger partial charge in [-0.3, -0.25) is 4.79 Å². The molecule has 0 saturated carbocycles. The number of aryl methyl sites for hydroxylation is 1. The number of aromatic nitrogens is 1. The van der Waals surface area contributed by atoms with Crippen molar-refractivity contribution in [3.8, 4) is 0 Å². The zero-order valence-corrected chi connectivity index (χ0v) is 12.0. The van der Waals surface area contributed by atoms with Crippen LogP contribution in [0.15, 0.2) is 52.5 Å². The first-order valence-electron chi connectivity index (χ1n) is 6.28. The summed E-state index contributed by atoms with van der Waals surface area (Å²) in [5.41, 5.74) is 1.40. The van der Waals surface area contributed by atoms with Crippen LogP contribution in [0, 0.1) is 5.82 Å². The quantitative estimate of drug-likeness (QED) is 0.867. The topological polar surface area (TPSA) is 46.4 Å². The third-order valence-corrected chi connectivity index (χ3v) is 3.86. The number of rotatable bonds is 2. The molecule has 0 bridgehead atoms. The van der Waals surface area contributed by atoms with Crippen LogP contribution in [-0.4, -0.2) is 15.6 Å². The molecule has 1 aromatic heterocycles. The van der Waals surface area contributed by atoms with Gasteiger partial charge in [-0.05, 0) is 48.2 Å². The summed E-state index contributed by atoms with van der Waals surface area (Å²) in [6.45, 7) is 0. The van der Waals surface area contributed by atoms with E-state index in [1.165, 1.54) is 23.9 Å². The summed E-state index contributed by atoms with van der Waals surface area (Å²) >= 11 is 1.24. The summed E-state index contributed by atoms with van der Waals surface area (Å²) in [5, 5.41) is 3.13. The number of carbonyl (C=O) groups is 1. The fourth-order valence-electron chi connectivity index (χ4n) is 1.90. The molecule has 0 atom stereocenters. The monoisotopic (exact) mass is 301 g/mol. The molecule has 0 spiro atoms. The van der Waals surface area contributed by atoms with E-state index in [9.17, 15) is 9.18 Å². The van der Waals surface area contributed by atoms with Crippen LogP contribution in [-0.2, 0) is 11.8 Å². The van der Waals surface area contributed by atoms with Gasteiger partial charge in [0.05, 0.1) is 10.6 Å². The van der Waals surface area contributed by atoms with Crippen molar-refractivity contribution >= 4 is 34.6 Å². The van der Waals surface area contributed by atoms with Crippen molar-refractivity contribution in [2.75, 3.05) is 0 Å². The van der Waals surface area contributed by atoms with Gasteiger partial charge in [-0.25, -0.2) is 9.38 Å². The molecule has 0 aliphatic carbocycles. The second kappa shape index (κ2) is 5.57. The average molecular weight is 301 g/mol. The molecule has 106 valence electrons. The SMILES string of the molecule is Cn1cccc1C=C1SC(=Nc2cccc(F)c2)NC1=O. The molecule has 4 nitrogen and oxygen atoms in total. The Morgan fingerprint density at radius 1 is 1.33 bits per heavy atom. The molecule has 2 heterocycles. The average Bonchev–Trinajstić information content (AvgIpc) is 2.98. The lowest BCUT2D eigenvalue weighted by atomic mass is 10.3. The summed E-state index contributed by atoms with van der Waals surface area (Å²) < 4.78 is 15.0. The van der Waals surface area contributed by atoms with Crippen molar-refractivity contribution in [1.29, 1.82) is 0 Å². The summed E-state index contributed by atoms with van der Waals surface area (Å²) in [5.74, 6) is -0.554. The largest absolute Gasteiger partial charge is 0.351 e. The lowest BCUT2D eigenvalue weighted by Gasteiger charge is -1.97. The summed E-state index contributed by atoms with van der Waals surface area (Å²) in [7, 11) is 1.91. The molecule has 1 aliphatic rings. The van der Waals surface area contributed by atoms with Crippen molar-refractivity contribution in [2.24, 2.45) is 12.0 Å². The Labute approximate surface area is 125 Å². The molecule has 21 heavy (non-hydrogen) atoms. The van der Waals surface area contributed by atoms with Crippen LogP contribution in [0.5, 0.6) is 0 Å². The van der Waals surface area contributed by atoms with Gasteiger partial charge in [-0.1, -0.05) is 6.07 Å². The van der Waals surface area contributed by atoms with Crippen LogP contribution >= 0.6 is 11.8 Å². The Morgan fingerprint density at radius 3 is 2.90 bits per heavy atom. The van der Waals surface area contributed by atoms with Crippen molar-refractivity contribution < 1.29 is 9.18 Å². The zero-order chi connectivity index (χ0) is 14.8. The van der Waals surface area contributed by atoms with E-state index in [-0.39, 0.29) is 11.7 Å². The van der Waals surface area contributed by atoms with Crippen molar-refractivity contribution in [1.82, 2.24) is 9.88 Å². The van der Waals surface area contributed by atoms with E-state index in [4.69, 9.17) is 0 Å². The number of halogens is 1. The van der Waals surface area contributed by atoms with Gasteiger partial charge in [0.2, 0.25) is 0 Å². The second-order valence-electron chi connectivity index (χ2n) is 4.51. The van der Waals surface area contributed by atoms with E-state index in [0.717, 1.165) is 5.69 Å². The maximum atomic E-state index is 13.1. The molecule has 1 aliphatic heterocycles. The van der Waals surface area contributed by atoms with E-state index >= 15 is 0 Å². The summed E-state index contributed by atoms with van der Waals surface area (Å²) in [6, 6.07) is 9.76. The number of hydrogen-bond donors (Lipinski definition) is 1. The highest BCUT2D eigenvalue weighted by molar-refractivity contribution is 8.18. The molecule has 1 saturated heterocycles. The van der Waals surface area contributed by atoms with Crippen LogP contribution in [0.2, 0.25) is 0 Å². The van der Waals surface area contributed by atoms with Crippen molar-refractivity contribution in [2.45, 2.75) is 0 Å². The number of amides is 1. The fourth-order valence-corrected chi connectivity index (χ4v) is 2.73. The number of hydrogen-bond acceptors (Lipinski definition) is 3. The van der Waals surface area contributed by atoms with Crippen molar-refractivity contribution in [3.63, 3.8) is 0 Å². The van der Waals surface area contributed by atoms with Gasteiger partial charge < -0.3 is 9.88 Å². The van der Waals surface area contributed by atoms with Gasteiger partial charge in [0, 0.05) is 18.9 Å². The molecule has 1 fully saturated rings. The van der Waals surface area contributed by atoms with E-state index in [2.05, 4.69) is 10.3 Å². The highest BCUT2D eigenvalue weighted by Gasteiger charge is 2.24. The lowest BCUT2D eigenvalue weighted by molar-refractivity contribution is -0.115. The minimum absolute atomic E-state index is 0.198. The minimum Gasteiger partial charge on any atom is -0.351 e. The molecule has 1 N–H and O–H groups in total. The fraction of sp³-hybridized carbons (Fsp3) is 0.0667. The number of nitrogens with zero attached hydrogens (tertiary/aromatic N) is 2. The summed E-state index contributed by atoms with van der Waals surface area (Å²) in [4.78, 5) is 16.7. The number of benzene rings is 1. The summed E-state index contributed by atoms with van der Waals surface area (Å²) in [6.07, 6.45) is 3.71. The van der Waals surface area contributed by atoms with Gasteiger partial charge in [0.1, 0.15) is 5.82 Å². The number of amidine groups is 1. The smallest absolute Gasteiger partial charge is 0.264 e. The zero-order valence-electron chi connectivity index (χ0n) is 11.2. The molecular weight excluding hydrogens is 289 g/mol. The highest BCUT2D eigenvalue weighted by atomic mass is 32.2. The number of nitrogens with one attached hydrogen (secondary N) is 1. The Kier molecular flexibility index (Phi) is 3.62. The van der Waals surface area contributed by atoms with Crippen LogP contribution in [0.25, 0.3) is 6.08 Å². The Balaban J connectivity index is 1.85. The van der Waals surface area contributed by atoms with E-state index in [1.54, 1.807) is 18.2 Å². The first-order valence-corrected chi connectivity index (χ1v) is 7.10. The Bertz CT molecular complexity index is 764. The van der Waals surface area contributed by atoms with Gasteiger partial charge in [-0.15, -0.1) is 0 Å². The first-order chi connectivity index (χ1) is 10.1. The van der Waals surface area contributed by atoms with Crippen LogP contribution in [0.3, 0.4) is 0 Å². The number of aliphatic imine (C=N–C) groups is 1. The molecule has 1 aromatic carbocycles. The predicted molar refractivity (Wildman–Crippen MR) is 82.6 cm³/mol. The lowest BCUT2D eigenvalue weighted by Crippen LogP contribution is -2.19. The predicted octanol–water partition coefficient (Wildman–Crippen LogP) is 3.06. The number of carbonyl (C=O) groups excluding carboxylic acids is 1. The Morgan fingerprint density at radius 2 is 2.19 bits per heavy atom. The normalized spacial score (nSPS) is 18.5. The maximum Gasteiger partial charge on any atom is 0.264 e. The minimum atomic E-state index is -0.356. The molecule has 0 unspecified atom stereocenters. The van der Waals surface area contributed by atoms with Gasteiger partial charge in [-0.2, -0.15) is 0 Å². The van der Waals surface area contributed by atoms with Crippen LogP contribution < -0.4 is 5.32 Å². The Hall–Kier alpha value is -2.34. The highest BCUT2D eigenvalue weighted by Crippen LogP contribution is 2.28. The van der Waals surface area contributed by atoms with Crippen molar-refractivity contribution in [3.05, 3.63) is 59.0 Å². The van der Waals surface area contributed by atoms with Gasteiger partial charge >= 0.3 is 0 Å². The van der Waals surface area contributed by atoms with E-state index in [1.807, 2.05) is 29.9 Å². The molecule has 2 aromatic rings. The van der Waals surface area contributed by atoms with Gasteiger partial charge in [0.15, 0.2) is 5.17 Å². The van der Waals surface area contributed by atoms with Gasteiger partial charge in [0.25, 0.3) is 5.91 Å². The molecular formula is C15H12FN3OS. The molecule has 3 rings (SSSR count). The van der Waals surface area contributed by atoms with E-state index < -0.39 is 0 Å². The third kappa shape index (κ3) is 3.05. The van der Waals surface area contributed by atoms with Crippen LogP contribution in [0.1, 0.15) is 5.69 Å². The molecule has 0 radical (unpaired) electrons. The van der Waals surface area contributed by atoms with E-state index in [0.29, 0.717) is 15.8 Å². The molecule has 1 amide bonds. The second-order valence-corrected chi connectivity index (χ2v) is 5.54. The maximum absolute atomic E-state index is 13.1. The number of thioether (sulfide) groups is 1. The third-order valence-electron chi connectivity index (χ3n) is 2.95.